The molecule has 0 heterocycles. The molecule has 0 aromatic heterocycles. The largest absolute Gasteiger partial charge is 0.480 e. The quantitative estimate of drug-likeness (QED) is 0.641. The van der Waals surface area contributed by atoms with E-state index in [0.717, 1.165) is 37.9 Å². The Bertz CT molecular complexity index is 787. The van der Waals surface area contributed by atoms with Gasteiger partial charge in [-0.25, -0.2) is 4.79 Å². The smallest absolute Gasteiger partial charge is 0.407 e. The fraction of sp³-hybridized carbons (Fsp3) is 0.652. The van der Waals surface area contributed by atoms with Crippen LogP contribution in [0.1, 0.15) is 39.0 Å². The van der Waals surface area contributed by atoms with Crippen LogP contribution < -0.4 is 5.32 Å². The minimum Gasteiger partial charge on any atom is -0.480 e. The van der Waals surface area contributed by atoms with E-state index in [1.165, 1.54) is 5.57 Å². The SMILES string of the molecule is COCOC1=CC2=CC[C@@H]3[C@H](CC[C@]4(C)[C@@H](OC(=O)NCC(=O)O)CC[C@@H]34)[C@H]2C=C1. The molecule has 164 valence electrons. The van der Waals surface area contributed by atoms with Gasteiger partial charge in [0.15, 0.2) is 6.79 Å². The number of hydrogen-bond acceptors (Lipinski definition) is 5. The summed E-state index contributed by atoms with van der Waals surface area (Å²) in [6, 6.07) is 0. The van der Waals surface area contributed by atoms with Gasteiger partial charge in [-0.05, 0) is 67.6 Å². The Morgan fingerprint density at radius 1 is 1.27 bits per heavy atom. The molecule has 0 aliphatic heterocycles. The van der Waals surface area contributed by atoms with E-state index in [9.17, 15) is 9.59 Å². The van der Waals surface area contributed by atoms with Crippen molar-refractivity contribution in [2.24, 2.45) is 29.1 Å². The number of allylic oxidation sites excluding steroid dienone is 5. The van der Waals surface area contributed by atoms with Crippen molar-refractivity contribution < 1.29 is 28.9 Å². The molecule has 0 bridgehead atoms. The minimum atomic E-state index is -1.07. The number of carboxylic acid groups (broad SMARTS) is 1. The van der Waals surface area contributed by atoms with Gasteiger partial charge in [-0.15, -0.1) is 0 Å². The van der Waals surface area contributed by atoms with Crippen LogP contribution in [0, 0.1) is 29.1 Å². The standard InChI is InChI=1S/C23H31NO6/c1-23-10-9-17-16-6-4-15(29-13-28-2)11-14(16)3-5-18(17)19(23)7-8-20(23)30-22(27)24-12-21(25)26/h3-4,6,11,16-20H,5,7-10,12-13H2,1-2H3,(H,24,27)(H,25,26)/t16-,17+,18+,19-,20-,23-/m0/s1. The second-order valence-electron chi connectivity index (χ2n) is 9.12. The number of carbonyl (C=O) groups excluding carboxylic acids is 1. The van der Waals surface area contributed by atoms with Crippen LogP contribution in [0.3, 0.4) is 0 Å². The zero-order valence-electron chi connectivity index (χ0n) is 17.6. The summed E-state index contributed by atoms with van der Waals surface area (Å²) in [5.41, 5.74) is 1.29. The summed E-state index contributed by atoms with van der Waals surface area (Å²) in [5.74, 6) is 1.88. The first-order chi connectivity index (χ1) is 14.4. The molecular formula is C23H31NO6. The third kappa shape index (κ3) is 3.87. The van der Waals surface area contributed by atoms with Gasteiger partial charge in [0.1, 0.15) is 18.4 Å². The number of methoxy groups -OCH3 is 1. The van der Waals surface area contributed by atoms with E-state index in [2.05, 4.69) is 36.5 Å². The van der Waals surface area contributed by atoms with Gasteiger partial charge in [0.2, 0.25) is 0 Å². The Morgan fingerprint density at radius 3 is 2.87 bits per heavy atom. The zero-order valence-corrected chi connectivity index (χ0v) is 17.6. The molecule has 0 saturated heterocycles. The number of alkyl carbamates (subject to hydrolysis) is 1. The molecule has 7 heteroatoms. The number of nitrogens with one attached hydrogen (secondary N) is 1. The van der Waals surface area contributed by atoms with E-state index in [4.69, 9.17) is 19.3 Å². The van der Waals surface area contributed by atoms with Crippen LogP contribution >= 0.6 is 0 Å². The third-order valence-corrected chi connectivity index (χ3v) is 7.63. The van der Waals surface area contributed by atoms with Gasteiger partial charge in [0.05, 0.1) is 0 Å². The predicted octanol–water partition coefficient (Wildman–Crippen LogP) is 3.63. The molecule has 7 nitrogen and oxygen atoms in total. The van der Waals surface area contributed by atoms with Crippen molar-refractivity contribution in [1.82, 2.24) is 5.32 Å². The summed E-state index contributed by atoms with van der Waals surface area (Å²) in [7, 11) is 1.62. The Balaban J connectivity index is 1.44. The second kappa shape index (κ2) is 8.46. The first-order valence-corrected chi connectivity index (χ1v) is 10.8. The molecular weight excluding hydrogens is 386 g/mol. The number of carbonyl (C=O) groups is 2. The van der Waals surface area contributed by atoms with Crippen LogP contribution in [0.4, 0.5) is 4.79 Å². The lowest BCUT2D eigenvalue weighted by Gasteiger charge is -2.51. The van der Waals surface area contributed by atoms with Gasteiger partial charge in [0.25, 0.3) is 0 Å². The monoisotopic (exact) mass is 417 g/mol. The number of carboxylic acids is 1. The number of fused-ring (bicyclic) bond motifs is 5. The lowest BCUT2D eigenvalue weighted by Crippen LogP contribution is -2.48. The molecule has 0 aromatic rings. The molecule has 4 aliphatic rings. The molecule has 4 aliphatic carbocycles. The summed E-state index contributed by atoms with van der Waals surface area (Å²) in [6.07, 6.45) is 13.1. The lowest BCUT2D eigenvalue weighted by atomic mass is 9.54. The van der Waals surface area contributed by atoms with Gasteiger partial charge in [-0.2, -0.15) is 0 Å². The summed E-state index contributed by atoms with van der Waals surface area (Å²) < 4.78 is 16.3. The molecule has 0 radical (unpaired) electrons. The molecule has 30 heavy (non-hydrogen) atoms. The second-order valence-corrected chi connectivity index (χ2v) is 9.12. The molecule has 2 N–H and O–H groups in total. The molecule has 2 fully saturated rings. The summed E-state index contributed by atoms with van der Waals surface area (Å²) >= 11 is 0. The Hall–Kier alpha value is -2.28. The van der Waals surface area contributed by atoms with Crippen molar-refractivity contribution in [2.45, 2.75) is 45.1 Å². The van der Waals surface area contributed by atoms with Crippen LogP contribution in [0.25, 0.3) is 0 Å². The fourth-order valence-electron chi connectivity index (χ4n) is 6.26. The maximum absolute atomic E-state index is 12.1. The molecule has 1 amide bonds. The normalized spacial score (nSPS) is 36.5. The number of hydrogen-bond donors (Lipinski definition) is 2. The summed E-state index contributed by atoms with van der Waals surface area (Å²) in [4.78, 5) is 22.7. The number of ether oxygens (including phenoxy) is 3. The molecule has 0 unspecified atom stereocenters. The first kappa shape index (κ1) is 21.0. The zero-order chi connectivity index (χ0) is 21.3. The van der Waals surface area contributed by atoms with Crippen LogP contribution in [0.15, 0.2) is 35.6 Å². The van der Waals surface area contributed by atoms with E-state index in [0.29, 0.717) is 23.7 Å². The Morgan fingerprint density at radius 2 is 2.10 bits per heavy atom. The number of rotatable bonds is 6. The maximum atomic E-state index is 12.1. The van der Waals surface area contributed by atoms with Gasteiger partial charge in [-0.3, -0.25) is 4.79 Å². The van der Waals surface area contributed by atoms with Gasteiger partial charge in [0, 0.05) is 18.4 Å². The van der Waals surface area contributed by atoms with Crippen molar-refractivity contribution in [3.63, 3.8) is 0 Å². The molecule has 0 spiro atoms. The lowest BCUT2D eigenvalue weighted by molar-refractivity contribution is -0.136. The average molecular weight is 418 g/mol. The van der Waals surface area contributed by atoms with E-state index in [1.54, 1.807) is 7.11 Å². The van der Waals surface area contributed by atoms with Crippen molar-refractivity contribution >= 4 is 12.1 Å². The third-order valence-electron chi connectivity index (χ3n) is 7.63. The van der Waals surface area contributed by atoms with E-state index in [1.807, 2.05) is 0 Å². The van der Waals surface area contributed by atoms with Gasteiger partial charge in [-0.1, -0.05) is 19.1 Å². The van der Waals surface area contributed by atoms with Crippen LogP contribution in [-0.2, 0) is 19.0 Å². The van der Waals surface area contributed by atoms with Crippen LogP contribution in [-0.4, -0.2) is 43.7 Å². The van der Waals surface area contributed by atoms with Crippen molar-refractivity contribution in [3.8, 4) is 0 Å². The van der Waals surface area contributed by atoms with E-state index >= 15 is 0 Å². The van der Waals surface area contributed by atoms with Crippen LogP contribution in [0.2, 0.25) is 0 Å². The highest BCUT2D eigenvalue weighted by molar-refractivity contribution is 5.76. The molecule has 6 atom stereocenters. The topological polar surface area (TPSA) is 94.1 Å². The number of amides is 1. The highest BCUT2D eigenvalue weighted by atomic mass is 16.7. The highest BCUT2D eigenvalue weighted by Gasteiger charge is 2.56. The Kier molecular flexibility index (Phi) is 5.91. The molecule has 2 saturated carbocycles. The summed E-state index contributed by atoms with van der Waals surface area (Å²) in [5, 5.41) is 11.1. The van der Waals surface area contributed by atoms with Crippen molar-refractivity contribution in [1.29, 1.82) is 0 Å². The van der Waals surface area contributed by atoms with Gasteiger partial charge >= 0.3 is 12.1 Å². The van der Waals surface area contributed by atoms with Gasteiger partial charge < -0.3 is 24.6 Å². The predicted molar refractivity (Wildman–Crippen MR) is 109 cm³/mol. The molecule has 4 rings (SSSR count). The highest BCUT2D eigenvalue weighted by Crippen LogP contribution is 2.61. The summed E-state index contributed by atoms with van der Waals surface area (Å²) in [6.45, 7) is 2.09. The van der Waals surface area contributed by atoms with Crippen molar-refractivity contribution in [2.75, 3.05) is 20.4 Å². The fourth-order valence-corrected chi connectivity index (χ4v) is 6.26. The average Bonchev–Trinajstić information content (AvgIpc) is 3.06. The van der Waals surface area contributed by atoms with Crippen LogP contribution in [0.5, 0.6) is 0 Å². The maximum Gasteiger partial charge on any atom is 0.407 e. The minimum absolute atomic E-state index is 0.0476. The van der Waals surface area contributed by atoms with E-state index < -0.39 is 18.6 Å². The van der Waals surface area contributed by atoms with E-state index in [-0.39, 0.29) is 18.3 Å². The molecule has 0 aromatic carbocycles. The first-order valence-electron chi connectivity index (χ1n) is 10.8. The van der Waals surface area contributed by atoms with Crippen molar-refractivity contribution in [3.05, 3.63) is 35.6 Å². The number of aliphatic carboxylic acids is 1. The Labute approximate surface area is 177 Å².